The van der Waals surface area contributed by atoms with Gasteiger partial charge in [0.05, 0.1) is 6.04 Å². The Balaban J connectivity index is 1.39. The summed E-state index contributed by atoms with van der Waals surface area (Å²) in [4.78, 5) is 9.14. The standard InChI is InChI=1S/C23H35N7/c1-17(19-10-5-4-6-11-19)28-23(13-7-8-14-23)16-25-22(24-3)27-20-12-9-15-30-21(20)26-18(2)29-30/h4-6,10-11,17,20,28H,7-9,12-16H2,1-3H3,(H2,24,25,27). The monoisotopic (exact) mass is 409 g/mol. The molecule has 0 radical (unpaired) electrons. The van der Waals surface area contributed by atoms with Gasteiger partial charge in [-0.3, -0.25) is 4.99 Å². The summed E-state index contributed by atoms with van der Waals surface area (Å²) in [6, 6.07) is 11.2. The van der Waals surface area contributed by atoms with Crippen LogP contribution in [-0.4, -0.2) is 39.9 Å². The third kappa shape index (κ3) is 4.67. The van der Waals surface area contributed by atoms with Gasteiger partial charge in [0.1, 0.15) is 11.6 Å². The van der Waals surface area contributed by atoms with Crippen LogP contribution in [0.3, 0.4) is 0 Å². The number of nitrogens with one attached hydrogen (secondary N) is 3. The fourth-order valence-corrected chi connectivity index (χ4v) is 4.93. The first-order valence-electron chi connectivity index (χ1n) is 11.3. The minimum absolute atomic E-state index is 0.0933. The molecule has 30 heavy (non-hydrogen) atoms. The Bertz CT molecular complexity index is 852. The number of aryl methyl sites for hydroxylation is 2. The van der Waals surface area contributed by atoms with Crippen molar-refractivity contribution >= 4 is 5.96 Å². The smallest absolute Gasteiger partial charge is 0.191 e. The van der Waals surface area contributed by atoms with Crippen molar-refractivity contribution in [3.05, 3.63) is 47.5 Å². The molecule has 3 N–H and O–H groups in total. The van der Waals surface area contributed by atoms with E-state index in [1.165, 1.54) is 31.2 Å². The minimum Gasteiger partial charge on any atom is -0.355 e. The summed E-state index contributed by atoms with van der Waals surface area (Å²) in [5.41, 5.74) is 1.43. The molecular formula is C23H35N7. The van der Waals surface area contributed by atoms with Crippen molar-refractivity contribution in [2.24, 2.45) is 4.99 Å². The van der Waals surface area contributed by atoms with Crippen molar-refractivity contribution in [2.45, 2.75) is 76.5 Å². The minimum atomic E-state index is 0.0933. The first kappa shape index (κ1) is 20.8. The molecule has 1 fully saturated rings. The molecule has 1 aromatic carbocycles. The summed E-state index contributed by atoms with van der Waals surface area (Å²) in [5, 5.41) is 15.7. The number of hydrogen-bond acceptors (Lipinski definition) is 4. The molecule has 1 aliphatic carbocycles. The average molecular weight is 410 g/mol. The maximum Gasteiger partial charge on any atom is 0.191 e. The van der Waals surface area contributed by atoms with E-state index in [9.17, 15) is 0 Å². The summed E-state index contributed by atoms with van der Waals surface area (Å²) in [6.07, 6.45) is 7.06. The first-order chi connectivity index (χ1) is 14.6. The second kappa shape index (κ2) is 9.16. The Kier molecular flexibility index (Phi) is 6.37. The van der Waals surface area contributed by atoms with Gasteiger partial charge in [-0.1, -0.05) is 43.2 Å². The van der Waals surface area contributed by atoms with E-state index in [0.29, 0.717) is 6.04 Å². The van der Waals surface area contributed by atoms with Gasteiger partial charge in [0.15, 0.2) is 5.96 Å². The van der Waals surface area contributed by atoms with Gasteiger partial charge < -0.3 is 16.0 Å². The number of hydrogen-bond donors (Lipinski definition) is 3. The maximum absolute atomic E-state index is 4.64. The number of fused-ring (bicyclic) bond motifs is 1. The lowest BCUT2D eigenvalue weighted by Gasteiger charge is -2.35. The van der Waals surface area contributed by atoms with Crippen LogP contribution in [0.4, 0.5) is 0 Å². The number of aromatic nitrogens is 3. The second-order valence-electron chi connectivity index (χ2n) is 8.77. The largest absolute Gasteiger partial charge is 0.355 e. The summed E-state index contributed by atoms with van der Waals surface area (Å²) in [5.74, 6) is 2.70. The summed E-state index contributed by atoms with van der Waals surface area (Å²) >= 11 is 0. The zero-order valence-electron chi connectivity index (χ0n) is 18.5. The Labute approximate surface area is 179 Å². The Morgan fingerprint density at radius 2 is 2.00 bits per heavy atom. The highest BCUT2D eigenvalue weighted by molar-refractivity contribution is 5.80. The molecule has 1 aliphatic heterocycles. The van der Waals surface area contributed by atoms with Crippen LogP contribution in [0.5, 0.6) is 0 Å². The van der Waals surface area contributed by atoms with E-state index in [4.69, 9.17) is 0 Å². The van der Waals surface area contributed by atoms with Crippen LogP contribution < -0.4 is 16.0 Å². The van der Waals surface area contributed by atoms with Crippen LogP contribution >= 0.6 is 0 Å². The van der Waals surface area contributed by atoms with Crippen molar-refractivity contribution in [3.63, 3.8) is 0 Å². The average Bonchev–Trinajstić information content (AvgIpc) is 3.38. The molecule has 4 rings (SSSR count). The van der Waals surface area contributed by atoms with Gasteiger partial charge in [-0.2, -0.15) is 5.10 Å². The maximum atomic E-state index is 4.64. The molecule has 2 aromatic rings. The third-order valence-corrected chi connectivity index (χ3v) is 6.49. The number of nitrogens with zero attached hydrogens (tertiary/aromatic N) is 4. The lowest BCUT2D eigenvalue weighted by atomic mass is 9.94. The van der Waals surface area contributed by atoms with Crippen molar-refractivity contribution in [2.75, 3.05) is 13.6 Å². The van der Waals surface area contributed by atoms with E-state index in [-0.39, 0.29) is 11.6 Å². The normalized spacial score (nSPS) is 21.8. The van der Waals surface area contributed by atoms with Gasteiger partial charge in [0, 0.05) is 31.7 Å². The van der Waals surface area contributed by atoms with E-state index in [2.05, 4.69) is 68.3 Å². The molecule has 0 bridgehead atoms. The van der Waals surface area contributed by atoms with Crippen molar-refractivity contribution in [3.8, 4) is 0 Å². The third-order valence-electron chi connectivity index (χ3n) is 6.49. The van der Waals surface area contributed by atoms with Crippen LogP contribution in [0.25, 0.3) is 0 Å². The summed E-state index contributed by atoms with van der Waals surface area (Å²) in [7, 11) is 1.84. The van der Waals surface area contributed by atoms with Crippen LogP contribution in [0.15, 0.2) is 35.3 Å². The zero-order chi connectivity index (χ0) is 21.0. The van der Waals surface area contributed by atoms with Crippen LogP contribution in [0.2, 0.25) is 0 Å². The molecule has 2 atom stereocenters. The van der Waals surface area contributed by atoms with Crippen LogP contribution in [0.1, 0.15) is 74.7 Å². The first-order valence-corrected chi connectivity index (χ1v) is 11.3. The molecular weight excluding hydrogens is 374 g/mol. The van der Waals surface area contributed by atoms with Crippen molar-refractivity contribution < 1.29 is 0 Å². The summed E-state index contributed by atoms with van der Waals surface area (Å²) in [6.45, 7) is 6.03. The van der Waals surface area contributed by atoms with E-state index in [0.717, 1.165) is 43.5 Å². The van der Waals surface area contributed by atoms with Gasteiger partial charge in [-0.05, 0) is 45.1 Å². The fourth-order valence-electron chi connectivity index (χ4n) is 4.93. The van der Waals surface area contributed by atoms with Gasteiger partial charge >= 0.3 is 0 Å². The van der Waals surface area contributed by atoms with Gasteiger partial charge in [-0.25, -0.2) is 9.67 Å². The lowest BCUT2D eigenvalue weighted by molar-refractivity contribution is 0.296. The number of guanidine groups is 1. The highest BCUT2D eigenvalue weighted by Gasteiger charge is 2.35. The van der Waals surface area contributed by atoms with Crippen molar-refractivity contribution in [1.82, 2.24) is 30.7 Å². The molecule has 2 unspecified atom stereocenters. The second-order valence-corrected chi connectivity index (χ2v) is 8.77. The molecule has 7 nitrogen and oxygen atoms in total. The Morgan fingerprint density at radius 1 is 1.23 bits per heavy atom. The molecule has 0 amide bonds. The van der Waals surface area contributed by atoms with Crippen LogP contribution in [0, 0.1) is 6.92 Å². The predicted octanol–water partition coefficient (Wildman–Crippen LogP) is 3.25. The number of rotatable bonds is 6. The molecule has 0 spiro atoms. The highest BCUT2D eigenvalue weighted by Crippen LogP contribution is 2.32. The van der Waals surface area contributed by atoms with E-state index in [1.54, 1.807) is 0 Å². The Morgan fingerprint density at radius 3 is 2.73 bits per heavy atom. The van der Waals surface area contributed by atoms with Crippen LogP contribution in [-0.2, 0) is 6.54 Å². The van der Waals surface area contributed by atoms with Gasteiger partial charge in [-0.15, -0.1) is 0 Å². The zero-order valence-corrected chi connectivity index (χ0v) is 18.5. The fraction of sp³-hybridized carbons (Fsp3) is 0.609. The number of benzene rings is 1. The molecule has 1 aromatic heterocycles. The topological polar surface area (TPSA) is 79.2 Å². The molecule has 1 saturated carbocycles. The van der Waals surface area contributed by atoms with Gasteiger partial charge in [0.2, 0.25) is 0 Å². The predicted molar refractivity (Wildman–Crippen MR) is 120 cm³/mol. The van der Waals surface area contributed by atoms with E-state index < -0.39 is 0 Å². The SMILES string of the molecule is CN=C(NCC1(NC(C)c2ccccc2)CCCC1)NC1CCCn2nc(C)nc21. The number of aliphatic imine (C=N–C) groups is 1. The molecule has 2 heterocycles. The van der Waals surface area contributed by atoms with Gasteiger partial charge in [0.25, 0.3) is 0 Å². The molecule has 162 valence electrons. The summed E-state index contributed by atoms with van der Waals surface area (Å²) < 4.78 is 2.03. The molecule has 0 saturated heterocycles. The quantitative estimate of drug-likeness (QED) is 0.504. The highest BCUT2D eigenvalue weighted by atomic mass is 15.4. The lowest BCUT2D eigenvalue weighted by Crippen LogP contribution is -2.54. The van der Waals surface area contributed by atoms with E-state index >= 15 is 0 Å². The van der Waals surface area contributed by atoms with Crippen molar-refractivity contribution in [1.29, 1.82) is 0 Å². The molecule has 7 heteroatoms. The van der Waals surface area contributed by atoms with E-state index in [1.807, 2.05) is 18.7 Å². The Hall–Kier alpha value is -2.41. The molecule has 2 aliphatic rings.